The van der Waals surface area contributed by atoms with Crippen LogP contribution < -0.4 is 5.73 Å². The van der Waals surface area contributed by atoms with Gasteiger partial charge in [-0.1, -0.05) is 13.8 Å². The van der Waals surface area contributed by atoms with Crippen LogP contribution >= 0.6 is 0 Å². The summed E-state index contributed by atoms with van der Waals surface area (Å²) < 4.78 is 5.52. The molecule has 18 heavy (non-hydrogen) atoms. The Morgan fingerprint density at radius 3 is 2.78 bits per heavy atom. The van der Waals surface area contributed by atoms with Crippen LogP contribution in [-0.2, 0) is 4.74 Å². The fourth-order valence-corrected chi connectivity index (χ4v) is 2.39. The van der Waals surface area contributed by atoms with Gasteiger partial charge in [0.15, 0.2) is 0 Å². The van der Waals surface area contributed by atoms with E-state index in [4.69, 9.17) is 10.5 Å². The number of esters is 1. The van der Waals surface area contributed by atoms with Gasteiger partial charge in [0.2, 0.25) is 0 Å². The van der Waals surface area contributed by atoms with E-state index >= 15 is 0 Å². The highest BCUT2D eigenvalue weighted by molar-refractivity contribution is 5.90. The quantitative estimate of drug-likeness (QED) is 0.817. The average Bonchev–Trinajstić information content (AvgIpc) is 2.34. The Balaban J connectivity index is 1.96. The number of anilines is 1. The van der Waals surface area contributed by atoms with Gasteiger partial charge in [-0.25, -0.2) is 4.79 Å². The largest absolute Gasteiger partial charge is 0.459 e. The fraction of sp³-hybridized carbons (Fsp3) is 0.571. The highest BCUT2D eigenvalue weighted by atomic mass is 16.5. The molecule has 3 unspecified atom stereocenters. The van der Waals surface area contributed by atoms with E-state index in [1.54, 1.807) is 6.07 Å². The molecule has 0 saturated heterocycles. The first-order chi connectivity index (χ1) is 8.56. The van der Waals surface area contributed by atoms with Crippen molar-refractivity contribution in [1.29, 1.82) is 0 Å². The van der Waals surface area contributed by atoms with Crippen LogP contribution in [-0.4, -0.2) is 17.1 Å². The van der Waals surface area contributed by atoms with Crippen molar-refractivity contribution in [2.75, 3.05) is 5.73 Å². The van der Waals surface area contributed by atoms with Crippen molar-refractivity contribution in [3.63, 3.8) is 0 Å². The van der Waals surface area contributed by atoms with Crippen LogP contribution in [0.2, 0.25) is 0 Å². The number of pyridine rings is 1. The molecule has 2 N–H and O–H groups in total. The van der Waals surface area contributed by atoms with Gasteiger partial charge < -0.3 is 10.5 Å². The van der Waals surface area contributed by atoms with Crippen LogP contribution in [0.1, 0.15) is 43.5 Å². The molecular weight excluding hydrogens is 228 g/mol. The normalized spacial score (nSPS) is 27.8. The number of carbonyl (C=O) groups is 1. The second kappa shape index (κ2) is 5.38. The second-order valence-electron chi connectivity index (χ2n) is 5.30. The van der Waals surface area contributed by atoms with Gasteiger partial charge in [0, 0.05) is 12.4 Å². The number of nitrogens with two attached hydrogens (primary N) is 1. The van der Waals surface area contributed by atoms with Gasteiger partial charge >= 0.3 is 5.97 Å². The molecule has 0 aliphatic heterocycles. The van der Waals surface area contributed by atoms with Gasteiger partial charge in [0.05, 0.1) is 11.3 Å². The summed E-state index contributed by atoms with van der Waals surface area (Å²) in [5.41, 5.74) is 6.51. The fourth-order valence-electron chi connectivity index (χ4n) is 2.39. The summed E-state index contributed by atoms with van der Waals surface area (Å²) >= 11 is 0. The lowest BCUT2D eigenvalue weighted by Crippen LogP contribution is -2.28. The number of aromatic nitrogens is 1. The van der Waals surface area contributed by atoms with Crippen LogP contribution in [0, 0.1) is 11.8 Å². The first-order valence-corrected chi connectivity index (χ1v) is 6.47. The van der Waals surface area contributed by atoms with E-state index in [1.807, 2.05) is 0 Å². The Morgan fingerprint density at radius 1 is 1.33 bits per heavy atom. The van der Waals surface area contributed by atoms with E-state index in [0.29, 0.717) is 23.1 Å². The minimum Gasteiger partial charge on any atom is -0.459 e. The van der Waals surface area contributed by atoms with Gasteiger partial charge in [-0.2, -0.15) is 0 Å². The zero-order valence-corrected chi connectivity index (χ0v) is 10.9. The third-order valence-electron chi connectivity index (χ3n) is 3.82. The summed E-state index contributed by atoms with van der Waals surface area (Å²) in [5.74, 6) is 1.01. The molecule has 1 saturated carbocycles. The van der Waals surface area contributed by atoms with Crippen LogP contribution in [0.4, 0.5) is 5.69 Å². The van der Waals surface area contributed by atoms with Crippen molar-refractivity contribution in [3.05, 3.63) is 24.0 Å². The molecule has 4 nitrogen and oxygen atoms in total. The van der Waals surface area contributed by atoms with E-state index in [2.05, 4.69) is 18.8 Å². The maximum Gasteiger partial charge on any atom is 0.340 e. The number of rotatable bonds is 2. The first kappa shape index (κ1) is 12.9. The van der Waals surface area contributed by atoms with Gasteiger partial charge in [-0.3, -0.25) is 4.98 Å². The number of nitrogen functional groups attached to an aromatic ring is 1. The first-order valence-electron chi connectivity index (χ1n) is 6.47. The molecule has 98 valence electrons. The number of hydrogen-bond acceptors (Lipinski definition) is 4. The molecule has 1 aliphatic rings. The van der Waals surface area contributed by atoms with E-state index < -0.39 is 0 Å². The highest BCUT2D eigenvalue weighted by Crippen LogP contribution is 2.31. The molecule has 2 rings (SSSR count). The lowest BCUT2D eigenvalue weighted by Gasteiger charge is -2.31. The predicted molar refractivity (Wildman–Crippen MR) is 70.0 cm³/mol. The number of hydrogen-bond donors (Lipinski definition) is 1. The van der Waals surface area contributed by atoms with Crippen LogP contribution in [0.15, 0.2) is 18.5 Å². The van der Waals surface area contributed by atoms with Crippen molar-refractivity contribution >= 4 is 11.7 Å². The maximum absolute atomic E-state index is 11.9. The molecule has 0 amide bonds. The third kappa shape index (κ3) is 3.00. The zero-order valence-electron chi connectivity index (χ0n) is 10.9. The summed E-state index contributed by atoms with van der Waals surface area (Å²) in [7, 11) is 0. The second-order valence-corrected chi connectivity index (χ2v) is 5.30. The molecule has 1 heterocycles. The van der Waals surface area contributed by atoms with Crippen molar-refractivity contribution < 1.29 is 9.53 Å². The van der Waals surface area contributed by atoms with E-state index in [-0.39, 0.29) is 12.1 Å². The zero-order chi connectivity index (χ0) is 13.1. The Hall–Kier alpha value is -1.58. The van der Waals surface area contributed by atoms with Crippen molar-refractivity contribution in [2.24, 2.45) is 11.8 Å². The summed E-state index contributed by atoms with van der Waals surface area (Å²) in [4.78, 5) is 15.8. The predicted octanol–water partition coefficient (Wildman–Crippen LogP) is 2.65. The monoisotopic (exact) mass is 248 g/mol. The molecule has 1 aromatic rings. The molecule has 0 aromatic carbocycles. The van der Waals surface area contributed by atoms with E-state index in [1.165, 1.54) is 12.4 Å². The Kier molecular flexibility index (Phi) is 3.84. The van der Waals surface area contributed by atoms with Gasteiger partial charge in [0.25, 0.3) is 0 Å². The molecule has 0 radical (unpaired) electrons. The van der Waals surface area contributed by atoms with Gasteiger partial charge in [-0.05, 0) is 37.2 Å². The SMILES string of the molecule is CC1CCC(OC(=O)c2cncc(N)c2)CC1C. The minimum absolute atomic E-state index is 0.0325. The van der Waals surface area contributed by atoms with E-state index in [9.17, 15) is 4.79 Å². The Bertz CT molecular complexity index is 434. The molecule has 3 atom stereocenters. The lowest BCUT2D eigenvalue weighted by molar-refractivity contribution is 0.00875. The summed E-state index contributed by atoms with van der Waals surface area (Å²) in [6, 6.07) is 1.60. The van der Waals surface area contributed by atoms with Crippen LogP contribution in [0.25, 0.3) is 0 Å². The minimum atomic E-state index is -0.318. The van der Waals surface area contributed by atoms with Gasteiger partial charge in [-0.15, -0.1) is 0 Å². The van der Waals surface area contributed by atoms with Gasteiger partial charge in [0.1, 0.15) is 6.10 Å². The molecule has 4 heteroatoms. The average molecular weight is 248 g/mol. The Morgan fingerprint density at radius 2 is 2.11 bits per heavy atom. The maximum atomic E-state index is 11.9. The molecule has 1 fully saturated rings. The van der Waals surface area contributed by atoms with E-state index in [0.717, 1.165) is 19.3 Å². The number of carbonyl (C=O) groups excluding carboxylic acids is 1. The third-order valence-corrected chi connectivity index (χ3v) is 3.82. The lowest BCUT2D eigenvalue weighted by atomic mass is 9.80. The molecule has 0 bridgehead atoms. The molecule has 1 aromatic heterocycles. The summed E-state index contributed by atoms with van der Waals surface area (Å²) in [6.45, 7) is 4.47. The Labute approximate surface area is 108 Å². The topological polar surface area (TPSA) is 65.2 Å². The molecule has 0 spiro atoms. The summed E-state index contributed by atoms with van der Waals surface area (Å²) in [6.07, 6.45) is 6.06. The number of ether oxygens (including phenoxy) is 1. The smallest absolute Gasteiger partial charge is 0.340 e. The van der Waals surface area contributed by atoms with Crippen molar-refractivity contribution in [1.82, 2.24) is 4.98 Å². The van der Waals surface area contributed by atoms with Crippen molar-refractivity contribution in [3.8, 4) is 0 Å². The highest BCUT2D eigenvalue weighted by Gasteiger charge is 2.27. The summed E-state index contributed by atoms with van der Waals surface area (Å²) in [5, 5.41) is 0. The van der Waals surface area contributed by atoms with Crippen molar-refractivity contribution in [2.45, 2.75) is 39.2 Å². The standard InChI is InChI=1S/C14H20N2O2/c1-9-3-4-13(5-10(9)2)18-14(17)11-6-12(15)8-16-7-11/h6-10,13H,3-5,15H2,1-2H3. The van der Waals surface area contributed by atoms with Crippen LogP contribution in [0.5, 0.6) is 0 Å². The molecular formula is C14H20N2O2. The molecule has 1 aliphatic carbocycles. The number of nitrogens with zero attached hydrogens (tertiary/aromatic N) is 1. The van der Waals surface area contributed by atoms with Crippen LogP contribution in [0.3, 0.4) is 0 Å².